The summed E-state index contributed by atoms with van der Waals surface area (Å²) in [4.78, 5) is 43.5. The van der Waals surface area contributed by atoms with Crippen molar-refractivity contribution in [2.24, 2.45) is 0 Å². The molecular weight excluding hydrogens is 416 g/mol. The zero-order valence-electron chi connectivity index (χ0n) is 18.2. The van der Waals surface area contributed by atoms with Crippen LogP contribution in [0.15, 0.2) is 48.5 Å². The number of hydrogen-bond donors (Lipinski definition) is 0. The van der Waals surface area contributed by atoms with Crippen LogP contribution in [0.1, 0.15) is 45.2 Å². The Bertz CT molecular complexity index is 1110. The minimum absolute atomic E-state index is 0.305. The van der Waals surface area contributed by atoms with Gasteiger partial charge in [-0.1, -0.05) is 48.9 Å². The van der Waals surface area contributed by atoms with Crippen molar-refractivity contribution < 1.29 is 19.1 Å². The monoisotopic (exact) mass is 440 g/mol. The van der Waals surface area contributed by atoms with E-state index in [9.17, 15) is 14.4 Å². The molecule has 162 valence electrons. The lowest BCUT2D eigenvalue weighted by molar-refractivity contribution is -0.181. The van der Waals surface area contributed by atoms with Gasteiger partial charge >= 0.3 is 6.09 Å². The molecule has 6 nitrogen and oxygen atoms in total. The number of ether oxygens (including phenoxy) is 1. The number of hydrogen-bond acceptors (Lipinski definition) is 4. The highest BCUT2D eigenvalue weighted by atomic mass is 35.5. The van der Waals surface area contributed by atoms with E-state index < -0.39 is 28.6 Å². The predicted molar refractivity (Wildman–Crippen MR) is 118 cm³/mol. The van der Waals surface area contributed by atoms with Gasteiger partial charge in [0.25, 0.3) is 5.91 Å². The molecule has 0 radical (unpaired) electrons. The number of β-lactam (4-membered cyclic amide) rings is 1. The van der Waals surface area contributed by atoms with E-state index in [1.54, 1.807) is 58.2 Å². The van der Waals surface area contributed by atoms with E-state index in [0.29, 0.717) is 28.3 Å². The second kappa shape index (κ2) is 6.82. The van der Waals surface area contributed by atoms with Gasteiger partial charge in [-0.2, -0.15) is 0 Å². The number of carbonyl (C=O) groups is 3. The standard InChI is InChI=1S/C24H25ClN2O4/c1-6-23(15-10-9-11-16(25)14-15)19(28)27(21(30)31-22(2,3)4)24(23)17-12-7-8-13-18(17)26(5)20(24)29/h7-14H,6H2,1-5H3/t23-,24+/m1/s1. The van der Waals surface area contributed by atoms with Gasteiger partial charge in [0.1, 0.15) is 11.0 Å². The third kappa shape index (κ3) is 2.61. The van der Waals surface area contributed by atoms with Crippen LogP contribution in [0.5, 0.6) is 0 Å². The van der Waals surface area contributed by atoms with E-state index >= 15 is 0 Å². The van der Waals surface area contributed by atoms with Gasteiger partial charge in [-0.3, -0.25) is 9.59 Å². The van der Waals surface area contributed by atoms with Crippen molar-refractivity contribution in [1.82, 2.24) is 4.90 Å². The van der Waals surface area contributed by atoms with Crippen molar-refractivity contribution in [1.29, 1.82) is 0 Å². The molecule has 2 aromatic rings. The fourth-order valence-corrected chi connectivity index (χ4v) is 5.22. The average molecular weight is 441 g/mol. The van der Waals surface area contributed by atoms with Crippen molar-refractivity contribution >= 4 is 35.2 Å². The summed E-state index contributed by atoms with van der Waals surface area (Å²) >= 11 is 6.27. The maximum absolute atomic E-state index is 13.9. The molecule has 2 atom stereocenters. The lowest BCUT2D eigenvalue weighted by Crippen LogP contribution is -2.82. The highest BCUT2D eigenvalue weighted by Crippen LogP contribution is 2.63. The molecular formula is C24H25ClN2O4. The molecule has 31 heavy (non-hydrogen) atoms. The fraction of sp³-hybridized carbons (Fsp3) is 0.375. The first kappa shape index (κ1) is 21.4. The fourth-order valence-electron chi connectivity index (χ4n) is 5.03. The number of nitrogens with zero attached hydrogens (tertiary/aromatic N) is 2. The Hall–Kier alpha value is -2.86. The number of likely N-dealkylation sites (N-methyl/N-ethyl adjacent to an activating group) is 1. The molecule has 0 aliphatic carbocycles. The number of anilines is 1. The van der Waals surface area contributed by atoms with Crippen molar-refractivity contribution in [3.8, 4) is 0 Å². The van der Waals surface area contributed by atoms with E-state index in [1.807, 2.05) is 25.1 Å². The first-order valence-electron chi connectivity index (χ1n) is 10.2. The van der Waals surface area contributed by atoms with Crippen LogP contribution >= 0.6 is 11.6 Å². The van der Waals surface area contributed by atoms with E-state index in [4.69, 9.17) is 16.3 Å². The number of fused-ring (bicyclic) bond motifs is 2. The number of amides is 3. The van der Waals surface area contributed by atoms with Crippen LogP contribution in [0.4, 0.5) is 10.5 Å². The van der Waals surface area contributed by atoms with Crippen LogP contribution in [0.25, 0.3) is 0 Å². The molecule has 1 saturated heterocycles. The van der Waals surface area contributed by atoms with Crippen LogP contribution in [0, 0.1) is 0 Å². The summed E-state index contributed by atoms with van der Waals surface area (Å²) in [6.07, 6.45) is -0.526. The molecule has 3 amide bonds. The maximum atomic E-state index is 13.9. The van der Waals surface area contributed by atoms with E-state index in [0.717, 1.165) is 4.90 Å². The van der Waals surface area contributed by atoms with Crippen molar-refractivity contribution in [3.05, 3.63) is 64.7 Å². The molecule has 7 heteroatoms. The van der Waals surface area contributed by atoms with Gasteiger partial charge in [-0.15, -0.1) is 0 Å². The smallest absolute Gasteiger partial charge is 0.418 e. The number of para-hydroxylation sites is 1. The highest BCUT2D eigenvalue weighted by molar-refractivity contribution is 6.31. The molecule has 2 aliphatic rings. The molecule has 4 rings (SSSR count). The van der Waals surface area contributed by atoms with Crippen LogP contribution in [0.3, 0.4) is 0 Å². The third-order valence-electron chi connectivity index (χ3n) is 6.21. The molecule has 2 aliphatic heterocycles. The highest BCUT2D eigenvalue weighted by Gasteiger charge is 2.80. The third-order valence-corrected chi connectivity index (χ3v) is 6.45. The molecule has 0 N–H and O–H groups in total. The maximum Gasteiger partial charge on any atom is 0.418 e. The average Bonchev–Trinajstić information content (AvgIpc) is 2.92. The molecule has 0 aromatic heterocycles. The van der Waals surface area contributed by atoms with Gasteiger partial charge in [0.2, 0.25) is 5.91 Å². The first-order valence-corrected chi connectivity index (χ1v) is 10.6. The van der Waals surface area contributed by atoms with Gasteiger partial charge < -0.3 is 9.64 Å². The normalized spacial score (nSPS) is 25.0. The van der Waals surface area contributed by atoms with Crippen molar-refractivity contribution in [2.75, 3.05) is 11.9 Å². The number of carbonyl (C=O) groups excluding carboxylic acids is 3. The minimum Gasteiger partial charge on any atom is -0.443 e. The Labute approximate surface area is 186 Å². The summed E-state index contributed by atoms with van der Waals surface area (Å²) in [5.74, 6) is -0.814. The van der Waals surface area contributed by atoms with Crippen LogP contribution in [-0.4, -0.2) is 35.5 Å². The summed E-state index contributed by atoms with van der Waals surface area (Å²) in [5, 5.41) is 0.455. The Morgan fingerprint density at radius 3 is 2.35 bits per heavy atom. The summed E-state index contributed by atoms with van der Waals surface area (Å²) in [6, 6.07) is 14.2. The van der Waals surface area contributed by atoms with Crippen LogP contribution in [-0.2, 0) is 25.3 Å². The number of likely N-dealkylation sites (tertiary alicyclic amines) is 1. The topological polar surface area (TPSA) is 66.9 Å². The minimum atomic E-state index is -1.54. The molecule has 0 saturated carbocycles. The summed E-state index contributed by atoms with van der Waals surface area (Å²) in [7, 11) is 1.66. The van der Waals surface area contributed by atoms with Gasteiger partial charge in [0.05, 0.1) is 0 Å². The largest absolute Gasteiger partial charge is 0.443 e. The Kier molecular flexibility index (Phi) is 4.70. The Morgan fingerprint density at radius 1 is 1.06 bits per heavy atom. The number of imide groups is 1. The zero-order chi connectivity index (χ0) is 22.8. The predicted octanol–water partition coefficient (Wildman–Crippen LogP) is 4.64. The molecule has 2 aromatic carbocycles. The second-order valence-corrected chi connectivity index (χ2v) is 9.42. The van der Waals surface area contributed by atoms with Gasteiger partial charge in [-0.25, -0.2) is 9.69 Å². The molecule has 0 unspecified atom stereocenters. The molecule has 1 fully saturated rings. The summed E-state index contributed by atoms with van der Waals surface area (Å²) in [5.41, 5.74) is -1.79. The van der Waals surface area contributed by atoms with Crippen molar-refractivity contribution in [2.45, 2.75) is 50.7 Å². The van der Waals surface area contributed by atoms with E-state index in [1.165, 1.54) is 4.90 Å². The first-order chi connectivity index (χ1) is 14.5. The van der Waals surface area contributed by atoms with E-state index in [2.05, 4.69) is 0 Å². The molecule has 0 bridgehead atoms. The number of benzene rings is 2. The zero-order valence-corrected chi connectivity index (χ0v) is 19.0. The van der Waals surface area contributed by atoms with Crippen LogP contribution < -0.4 is 4.90 Å². The Balaban J connectivity index is 2.03. The SMILES string of the molecule is CC[C@@]1(c2cccc(Cl)c2)C(=O)N(C(=O)OC(C)(C)C)[C@@]12C(=O)N(C)c1ccccc12. The number of rotatable bonds is 2. The van der Waals surface area contributed by atoms with Gasteiger partial charge in [0.15, 0.2) is 5.54 Å². The molecule has 1 spiro atoms. The van der Waals surface area contributed by atoms with E-state index in [-0.39, 0.29) is 5.91 Å². The molecule has 2 heterocycles. The van der Waals surface area contributed by atoms with Crippen LogP contribution in [0.2, 0.25) is 5.02 Å². The van der Waals surface area contributed by atoms with Gasteiger partial charge in [-0.05, 0) is 51.0 Å². The number of halogens is 1. The lowest BCUT2D eigenvalue weighted by Gasteiger charge is -2.60. The summed E-state index contributed by atoms with van der Waals surface area (Å²) < 4.78 is 5.56. The second-order valence-electron chi connectivity index (χ2n) is 8.98. The summed E-state index contributed by atoms with van der Waals surface area (Å²) in [6.45, 7) is 7.02. The Morgan fingerprint density at radius 2 is 1.74 bits per heavy atom. The quantitative estimate of drug-likeness (QED) is 0.638. The van der Waals surface area contributed by atoms with Crippen molar-refractivity contribution in [3.63, 3.8) is 0 Å². The van der Waals surface area contributed by atoms with Gasteiger partial charge in [0, 0.05) is 23.3 Å². The lowest BCUT2D eigenvalue weighted by atomic mass is 9.53.